The zero-order valence-corrected chi connectivity index (χ0v) is 87.5. The topological polar surface area (TPSA) is 263 Å². The Balaban J connectivity index is 0.00000145. The third-order valence-electron chi connectivity index (χ3n) is 20.8. The summed E-state index contributed by atoms with van der Waals surface area (Å²) in [6.45, 7) is 21.4. The summed E-state index contributed by atoms with van der Waals surface area (Å²) < 4.78 is 4.94. The quantitative estimate of drug-likeness (QED) is 0.00571. The number of nitrogens with two attached hydrogens (primary N) is 2. The molecule has 0 bridgehead atoms. The van der Waals surface area contributed by atoms with E-state index < -0.39 is 0 Å². The Morgan fingerprint density at radius 3 is 1.36 bits per heavy atom. The molecular weight excluding hydrogens is 1840 g/mol. The van der Waals surface area contributed by atoms with Gasteiger partial charge in [-0.1, -0.05) is 84.9 Å². The molecule has 129 heavy (non-hydrogen) atoms. The zero-order chi connectivity index (χ0) is 91.4. The number of thiophene rings is 2. The van der Waals surface area contributed by atoms with Gasteiger partial charge in [0.1, 0.15) is 10.9 Å². The number of nitro groups is 1. The van der Waals surface area contributed by atoms with Gasteiger partial charge in [-0.25, -0.2) is 4.99 Å². The second-order valence-electron chi connectivity index (χ2n) is 32.6. The first-order chi connectivity index (χ1) is 60.1. The van der Waals surface area contributed by atoms with E-state index >= 15 is 0 Å². The third-order valence-corrected chi connectivity index (χ3v) is 23.5. The molecule has 8 N–H and O–H groups in total. The fourth-order valence-electron chi connectivity index (χ4n) is 14.1. The van der Waals surface area contributed by atoms with E-state index in [2.05, 4.69) is 163 Å². The zero-order valence-electron chi connectivity index (χ0n) is 81.0. The Morgan fingerprint density at radius 1 is 0.527 bits per heavy atom. The molecule has 2 aromatic heterocycles. The van der Waals surface area contributed by atoms with Crippen LogP contribution in [0.4, 0.5) is 51.2 Å². The molecule has 15 rings (SSSR count). The van der Waals surface area contributed by atoms with Crippen molar-refractivity contribution < 1.29 is 49.7 Å². The number of amidine groups is 1. The molecule has 2 amide bonds. The molecule has 1 saturated heterocycles. The molecule has 709 valence electrons. The standard InChI is InChI=1S/C18H24N4S.C13H19N3O2.C13H21N3.C13H18N2O.C13H20N2.C9H9NO.C6H7NS2.C4H10ClN.C4H8O.2C2H6O.Al.ClH.HI.Li.H/c1-21(2)10-11-22-9-3-5-14-7-8-15(13-16(14)22)20-18(19)17-6-4-12-23-17;1-14(2)8-9-15-7-3-4-11-5-6-12(16(17)18)10-13(11)15;1-15(2)8-9-16-7-3-4-11-5-6-12(14)10-13(11)16;1-14(2)9-10-15-12-6-4-3-5-11(12)7-8-13(15)16;1-14(2)10-11-15-9-5-7-12-6-3-4-8-13(12)15;11-9-6-5-7-3-1-2-4-8(7)10-9;1-8-6(7)5-3-2-4-9-5;1-6(2)4-3-5;1-2-4-5-3-1;2*1-2-3;;;;;/h4,6-8,12-13H,3,5,9-11H2,1-2H3,(H2,19,20);5-6,10H,3-4,7-9H2,1-2H3;5-6,10H,3-4,7-9,14H2,1-2H3;3-6H,7-10H2,1-2H3;3-4,6,8H,5,7,9-11H2,1-2H3;1-4H,5-6H2,(H,10,11);2-4,7H,1H3;3-4H2,1-2H3;1-4H2;2*3H,2H2,1H3;;2*1H;;/q;;;;;;;;;;;;;;+1;-1. The minimum Gasteiger partial charge on any atom is -1.00 e. The average Bonchev–Trinajstić information content (AvgIpc) is 0.988. The summed E-state index contributed by atoms with van der Waals surface area (Å²) in [7, 11) is 24.9. The van der Waals surface area contributed by atoms with Crippen molar-refractivity contribution >= 4 is 174 Å². The summed E-state index contributed by atoms with van der Waals surface area (Å²) in [4.78, 5) is 64.6. The molecule has 0 unspecified atom stereocenters. The van der Waals surface area contributed by atoms with Gasteiger partial charge in [0, 0.05) is 213 Å². The summed E-state index contributed by atoms with van der Waals surface area (Å²) in [5.41, 5.74) is 29.3. The number of nitro benzene ring substituents is 1. The normalized spacial score (nSPS) is 14.0. The number of carbonyl (C=O) groups is 2. The fraction of sp³-hybridized carbons (Fsp3) is 0.505. The van der Waals surface area contributed by atoms with Crippen molar-refractivity contribution in [1.29, 1.82) is 5.41 Å². The van der Waals surface area contributed by atoms with Crippen LogP contribution in [-0.4, -0.2) is 306 Å². The van der Waals surface area contributed by atoms with Crippen LogP contribution in [0.1, 0.15) is 110 Å². The number of nitrogens with zero attached hydrogens (tertiary/aromatic N) is 13. The number of alkyl halides is 1. The second-order valence-corrected chi connectivity index (χ2v) is 35.7. The number of non-ortho nitro benzene ring substituents is 1. The monoisotopic (exact) mass is 1990 g/mol. The van der Waals surface area contributed by atoms with E-state index in [0.29, 0.717) is 23.7 Å². The van der Waals surface area contributed by atoms with Crippen molar-refractivity contribution in [2.24, 2.45) is 10.7 Å². The van der Waals surface area contributed by atoms with Crippen LogP contribution in [-0.2, 0) is 52.9 Å². The summed E-state index contributed by atoms with van der Waals surface area (Å²) in [6, 6.07) is 50.8. The summed E-state index contributed by atoms with van der Waals surface area (Å²) in [5.74, 6) is 1.70. The van der Waals surface area contributed by atoms with Gasteiger partial charge in [-0.15, -0.1) is 82.4 Å². The van der Waals surface area contributed by atoms with Crippen LogP contribution in [0.2, 0.25) is 0 Å². The Morgan fingerprint density at radius 2 is 0.922 bits per heavy atom. The predicted molar refractivity (Wildman–Crippen MR) is 566 cm³/mol. The van der Waals surface area contributed by atoms with Gasteiger partial charge in [-0.3, -0.25) is 25.1 Å². The maximum absolute atomic E-state index is 11.9. The summed E-state index contributed by atoms with van der Waals surface area (Å²) in [6.07, 6.45) is 17.0. The number of benzene rings is 6. The summed E-state index contributed by atoms with van der Waals surface area (Å²) >= 11 is 10.1. The molecule has 32 heteroatoms. The number of nitrogen functional groups attached to an aromatic ring is 1. The van der Waals surface area contributed by atoms with Gasteiger partial charge in [0.15, 0.2) is 0 Å². The van der Waals surface area contributed by atoms with Crippen LogP contribution < -0.4 is 60.1 Å². The van der Waals surface area contributed by atoms with Crippen molar-refractivity contribution in [2.45, 2.75) is 104 Å². The number of nitrogens with one attached hydrogen (secondary N) is 2. The van der Waals surface area contributed by atoms with Gasteiger partial charge in [0.2, 0.25) is 11.8 Å². The minimum atomic E-state index is -0.320. The molecule has 7 aliphatic heterocycles. The number of anilines is 7. The molecule has 24 nitrogen and oxygen atoms in total. The number of halogens is 3. The van der Waals surface area contributed by atoms with Gasteiger partial charge in [0.25, 0.3) is 5.69 Å². The number of thioether (sulfide) groups is 1. The molecule has 9 heterocycles. The predicted octanol–water partition coefficient (Wildman–Crippen LogP) is 13.5. The Labute approximate surface area is 838 Å². The van der Waals surface area contributed by atoms with Crippen molar-refractivity contribution in [3.63, 3.8) is 0 Å². The molecule has 8 aromatic rings. The molecule has 0 atom stereocenters. The smallest absolute Gasteiger partial charge is 1.00 e. The van der Waals surface area contributed by atoms with Crippen LogP contribution in [0.25, 0.3) is 0 Å². The van der Waals surface area contributed by atoms with Crippen molar-refractivity contribution in [1.82, 2.24) is 29.4 Å². The van der Waals surface area contributed by atoms with Crippen LogP contribution in [0.15, 0.2) is 167 Å². The Hall–Kier alpha value is -6.37. The van der Waals surface area contributed by atoms with Crippen LogP contribution in [0.5, 0.6) is 0 Å². The number of ether oxygens (including phenoxy) is 1. The van der Waals surface area contributed by atoms with E-state index in [-0.39, 0.29) is 110 Å². The number of hydrogen-bond donors (Lipinski definition) is 6. The number of fused-ring (bicyclic) bond motifs is 6. The number of amides is 2. The number of rotatable bonds is 21. The van der Waals surface area contributed by atoms with Crippen molar-refractivity contribution in [2.75, 3.05) is 257 Å². The fourth-order valence-corrected chi connectivity index (χ4v) is 16.3. The van der Waals surface area contributed by atoms with Gasteiger partial charge in [-0.05, 0) is 280 Å². The largest absolute Gasteiger partial charge is 1.00 e. The third kappa shape index (κ3) is 46.9. The first-order valence-electron chi connectivity index (χ1n) is 44.0. The molecule has 3 radical (unpaired) electrons. The van der Waals surface area contributed by atoms with E-state index in [1.165, 1.54) is 114 Å². The number of aliphatic hydroxyl groups excluding tert-OH is 2. The second kappa shape index (κ2) is 69.5. The number of carbonyl (C=O) groups excluding carboxylic acids is 2. The number of likely N-dealkylation sites (N-methyl/N-ethyl adjacent to an activating group) is 5. The Bertz CT molecular complexity index is 4410. The molecule has 0 spiro atoms. The van der Waals surface area contributed by atoms with E-state index in [9.17, 15) is 19.7 Å². The van der Waals surface area contributed by atoms with Crippen LogP contribution in [0.3, 0.4) is 0 Å². The molecule has 1 fully saturated rings. The van der Waals surface area contributed by atoms with Crippen molar-refractivity contribution in [3.8, 4) is 0 Å². The van der Waals surface area contributed by atoms with Crippen LogP contribution in [0, 0.1) is 15.5 Å². The first-order valence-corrected chi connectivity index (χ1v) is 47.6. The number of aliphatic hydroxyl groups is 2. The van der Waals surface area contributed by atoms with Crippen LogP contribution >= 0.6 is 82.4 Å². The minimum absolute atomic E-state index is 0. The summed E-state index contributed by atoms with van der Waals surface area (Å²) in [5, 5.41) is 40.8. The average molecular weight is 2000 g/mol. The molecule has 0 saturated carbocycles. The van der Waals surface area contributed by atoms with E-state index in [0.717, 1.165) is 181 Å². The maximum Gasteiger partial charge on any atom is 1.00 e. The molecule has 7 aliphatic rings. The maximum atomic E-state index is 11.9. The van der Waals surface area contributed by atoms with Gasteiger partial charge >= 0.3 is 18.9 Å². The van der Waals surface area contributed by atoms with E-state index in [4.69, 9.17) is 43.4 Å². The SMILES string of the molecule is C1CCOC1.CCO.CCO.CN(C)CCCl.CN(C)CCN1C(=O)CCc2ccccc21.CN(C)CCN1CCCc2ccc(N)cc21.CN(C)CCN1CCCc2ccc(N=C(N)c3cccs3)cc21.CN(C)CCN1CCCc2ccc([N+](=O)[O-])cc21.CN(C)CCN1CCCc2ccccc21.CSC(=N)c1cccs1.Cl.I.O=C1CCc2ccccc2N1.[Al].[H-].[Li+]. The molecular formula is C97H151AlCl2ILiN17O7S3. The van der Waals surface area contributed by atoms with Gasteiger partial charge in [-0.2, -0.15) is 0 Å². The number of aryl methyl sites for hydroxylation is 6. The Kier molecular flexibility index (Phi) is 65.0. The van der Waals surface area contributed by atoms with Gasteiger partial charge in [0.05, 0.1) is 20.4 Å². The molecule has 0 aliphatic carbocycles. The number of aliphatic imine (C=N–C) groups is 1. The van der Waals surface area contributed by atoms with E-state index in [1.54, 1.807) is 48.7 Å². The van der Waals surface area contributed by atoms with Gasteiger partial charge < -0.3 is 87.1 Å². The van der Waals surface area contributed by atoms with Crippen molar-refractivity contribution in [3.05, 3.63) is 216 Å². The number of para-hydroxylation sites is 3. The molecule has 6 aromatic carbocycles. The first kappa shape index (κ1) is 121. The number of hydrogen-bond acceptors (Lipinski definition) is 23. The van der Waals surface area contributed by atoms with E-state index in [1.807, 2.05) is 142 Å².